The van der Waals surface area contributed by atoms with Crippen molar-refractivity contribution in [2.24, 2.45) is 0 Å². The number of halogens is 4. The first-order valence-electron chi connectivity index (χ1n) is 8.14. The van der Waals surface area contributed by atoms with Gasteiger partial charge in [-0.25, -0.2) is 4.98 Å². The lowest BCUT2D eigenvalue weighted by atomic mass is 10.1. The van der Waals surface area contributed by atoms with E-state index in [1.54, 1.807) is 11.0 Å². The number of alkyl halides is 3. The molecule has 0 N–H and O–H groups in total. The quantitative estimate of drug-likeness (QED) is 0.812. The Kier molecular flexibility index (Phi) is 5.36. The third kappa shape index (κ3) is 4.27. The highest BCUT2D eigenvalue weighted by molar-refractivity contribution is 6.31. The van der Waals surface area contributed by atoms with E-state index in [1.807, 2.05) is 23.1 Å². The Morgan fingerprint density at radius 1 is 1.08 bits per heavy atom. The van der Waals surface area contributed by atoms with Gasteiger partial charge in [0.15, 0.2) is 0 Å². The van der Waals surface area contributed by atoms with Gasteiger partial charge in [0.1, 0.15) is 5.82 Å². The van der Waals surface area contributed by atoms with Crippen molar-refractivity contribution < 1.29 is 18.0 Å². The van der Waals surface area contributed by atoms with E-state index in [0.29, 0.717) is 37.0 Å². The highest BCUT2D eigenvalue weighted by atomic mass is 35.5. The summed E-state index contributed by atoms with van der Waals surface area (Å²) >= 11 is 6.09. The molecule has 0 saturated carbocycles. The number of pyridine rings is 1. The number of hydrogen-bond donors (Lipinski definition) is 0. The normalized spacial score (nSPS) is 15.2. The number of piperazine rings is 1. The second-order valence-electron chi connectivity index (χ2n) is 6.04. The Morgan fingerprint density at radius 3 is 2.35 bits per heavy atom. The van der Waals surface area contributed by atoms with Gasteiger partial charge in [0.25, 0.3) is 0 Å². The van der Waals surface area contributed by atoms with Gasteiger partial charge in [0.05, 0.1) is 12.0 Å². The van der Waals surface area contributed by atoms with Crippen LogP contribution >= 0.6 is 11.6 Å². The number of rotatable bonds is 3. The minimum Gasteiger partial charge on any atom is -0.353 e. The number of anilines is 1. The molecule has 1 aliphatic heterocycles. The fourth-order valence-electron chi connectivity index (χ4n) is 2.84. The van der Waals surface area contributed by atoms with Crippen LogP contribution in [0, 0.1) is 0 Å². The van der Waals surface area contributed by atoms with Gasteiger partial charge in [0, 0.05) is 37.4 Å². The van der Waals surface area contributed by atoms with Crippen LogP contribution in [0.5, 0.6) is 0 Å². The number of nitrogens with zero attached hydrogens (tertiary/aromatic N) is 3. The van der Waals surface area contributed by atoms with Crippen LogP contribution in [-0.4, -0.2) is 42.0 Å². The summed E-state index contributed by atoms with van der Waals surface area (Å²) in [6.07, 6.45) is -3.32. The lowest BCUT2D eigenvalue weighted by molar-refractivity contribution is -0.137. The minimum atomic E-state index is -4.39. The van der Waals surface area contributed by atoms with Crippen molar-refractivity contribution in [3.8, 4) is 0 Å². The summed E-state index contributed by atoms with van der Waals surface area (Å²) in [6, 6.07) is 9.61. The summed E-state index contributed by atoms with van der Waals surface area (Å²) in [5.74, 6) is 0.467. The van der Waals surface area contributed by atoms with Gasteiger partial charge in [-0.05, 0) is 23.8 Å². The number of carbonyl (C=O) groups is 1. The molecule has 1 fully saturated rings. The predicted octanol–water partition coefficient (Wildman–Crippen LogP) is 3.65. The predicted molar refractivity (Wildman–Crippen MR) is 93.2 cm³/mol. The molecule has 1 amide bonds. The molecule has 8 heteroatoms. The molecular weight excluding hydrogens is 367 g/mol. The van der Waals surface area contributed by atoms with Crippen LogP contribution in [-0.2, 0) is 17.4 Å². The number of carbonyl (C=O) groups excluding carboxylic acids is 1. The van der Waals surface area contributed by atoms with Gasteiger partial charge in [-0.3, -0.25) is 4.79 Å². The zero-order chi connectivity index (χ0) is 18.7. The van der Waals surface area contributed by atoms with Crippen LogP contribution in [0.15, 0.2) is 42.6 Å². The zero-order valence-corrected chi connectivity index (χ0v) is 14.6. The Hall–Kier alpha value is -2.28. The SMILES string of the molecule is O=C(Cc1ccccc1Cl)N1CCN(c2ccc(C(F)(F)F)cn2)CC1. The zero-order valence-electron chi connectivity index (χ0n) is 13.8. The van der Waals surface area contributed by atoms with Crippen LogP contribution in [0.2, 0.25) is 5.02 Å². The van der Waals surface area contributed by atoms with E-state index < -0.39 is 11.7 Å². The van der Waals surface area contributed by atoms with E-state index in [-0.39, 0.29) is 12.3 Å². The first-order chi connectivity index (χ1) is 12.3. The molecular formula is C18H17ClF3N3O. The van der Waals surface area contributed by atoms with Crippen molar-refractivity contribution in [2.45, 2.75) is 12.6 Å². The summed E-state index contributed by atoms with van der Waals surface area (Å²) in [6.45, 7) is 2.03. The standard InChI is InChI=1S/C18H17ClF3N3O/c19-15-4-2-1-3-13(15)11-17(26)25-9-7-24(8-10-25)16-6-5-14(12-23-16)18(20,21)22/h1-6,12H,7-11H2. The van der Waals surface area contributed by atoms with Crippen LogP contribution in [0.1, 0.15) is 11.1 Å². The van der Waals surface area contributed by atoms with E-state index in [2.05, 4.69) is 4.98 Å². The summed E-state index contributed by atoms with van der Waals surface area (Å²) in [7, 11) is 0. The molecule has 2 aromatic rings. The first kappa shape index (κ1) is 18.5. The fourth-order valence-corrected chi connectivity index (χ4v) is 3.04. The minimum absolute atomic E-state index is 0.0156. The molecule has 0 bridgehead atoms. The highest BCUT2D eigenvalue weighted by Crippen LogP contribution is 2.29. The Bertz CT molecular complexity index is 772. The van der Waals surface area contributed by atoms with Crippen LogP contribution in [0.4, 0.5) is 19.0 Å². The maximum Gasteiger partial charge on any atom is 0.417 e. The van der Waals surface area contributed by atoms with Crippen molar-refractivity contribution in [1.29, 1.82) is 0 Å². The van der Waals surface area contributed by atoms with Crippen LogP contribution < -0.4 is 4.90 Å². The van der Waals surface area contributed by atoms with Crippen LogP contribution in [0.25, 0.3) is 0 Å². The second kappa shape index (κ2) is 7.53. The van der Waals surface area contributed by atoms with E-state index in [0.717, 1.165) is 17.8 Å². The van der Waals surface area contributed by atoms with Gasteiger partial charge < -0.3 is 9.80 Å². The summed E-state index contributed by atoms with van der Waals surface area (Å²) < 4.78 is 37.8. The molecule has 3 rings (SSSR count). The lowest BCUT2D eigenvalue weighted by Crippen LogP contribution is -2.49. The number of benzene rings is 1. The molecule has 2 heterocycles. The summed E-state index contributed by atoms with van der Waals surface area (Å²) in [4.78, 5) is 19.9. The van der Waals surface area contributed by atoms with Crippen LogP contribution in [0.3, 0.4) is 0 Å². The van der Waals surface area contributed by atoms with Gasteiger partial charge >= 0.3 is 6.18 Å². The van der Waals surface area contributed by atoms with Crippen molar-refractivity contribution >= 4 is 23.3 Å². The molecule has 1 aromatic carbocycles. The average molecular weight is 384 g/mol. The Morgan fingerprint density at radius 2 is 1.77 bits per heavy atom. The maximum absolute atomic E-state index is 12.6. The van der Waals surface area contributed by atoms with E-state index in [4.69, 9.17) is 11.6 Å². The molecule has 1 aliphatic rings. The van der Waals surface area contributed by atoms with Gasteiger partial charge in [-0.2, -0.15) is 13.2 Å². The van der Waals surface area contributed by atoms with Gasteiger partial charge in [0.2, 0.25) is 5.91 Å². The van der Waals surface area contributed by atoms with Crippen molar-refractivity contribution in [2.75, 3.05) is 31.1 Å². The third-order valence-electron chi connectivity index (χ3n) is 4.33. The molecule has 0 atom stereocenters. The number of aromatic nitrogens is 1. The van der Waals surface area contributed by atoms with Gasteiger partial charge in [-0.15, -0.1) is 0 Å². The molecule has 1 saturated heterocycles. The molecule has 0 unspecified atom stereocenters. The monoisotopic (exact) mass is 383 g/mol. The van der Waals surface area contributed by atoms with E-state index in [9.17, 15) is 18.0 Å². The molecule has 4 nitrogen and oxygen atoms in total. The smallest absolute Gasteiger partial charge is 0.353 e. The Balaban J connectivity index is 1.57. The highest BCUT2D eigenvalue weighted by Gasteiger charge is 2.31. The van der Waals surface area contributed by atoms with Gasteiger partial charge in [-0.1, -0.05) is 29.8 Å². The third-order valence-corrected chi connectivity index (χ3v) is 4.70. The number of hydrogen-bond acceptors (Lipinski definition) is 3. The van der Waals surface area contributed by atoms with Crippen molar-refractivity contribution in [3.63, 3.8) is 0 Å². The van der Waals surface area contributed by atoms with E-state index >= 15 is 0 Å². The Labute approximate surface area is 154 Å². The average Bonchev–Trinajstić information content (AvgIpc) is 2.63. The summed E-state index contributed by atoms with van der Waals surface area (Å²) in [5.41, 5.74) is 0.0146. The number of amides is 1. The molecule has 0 spiro atoms. The van der Waals surface area contributed by atoms with E-state index in [1.165, 1.54) is 6.07 Å². The van der Waals surface area contributed by atoms with Crippen molar-refractivity contribution in [1.82, 2.24) is 9.88 Å². The summed E-state index contributed by atoms with van der Waals surface area (Å²) in [5, 5.41) is 0.563. The van der Waals surface area contributed by atoms with Crippen molar-refractivity contribution in [3.05, 3.63) is 58.7 Å². The molecule has 0 radical (unpaired) electrons. The molecule has 1 aromatic heterocycles. The largest absolute Gasteiger partial charge is 0.417 e. The maximum atomic E-state index is 12.6. The second-order valence-corrected chi connectivity index (χ2v) is 6.45. The molecule has 26 heavy (non-hydrogen) atoms. The topological polar surface area (TPSA) is 36.4 Å². The molecule has 0 aliphatic carbocycles. The first-order valence-corrected chi connectivity index (χ1v) is 8.52. The molecule has 138 valence electrons. The fraction of sp³-hybridized carbons (Fsp3) is 0.333. The lowest BCUT2D eigenvalue weighted by Gasteiger charge is -2.35.